The minimum Gasteiger partial charge on any atom is -0.496 e. The molecular weight excluding hydrogens is 268 g/mol. The van der Waals surface area contributed by atoms with Crippen LogP contribution in [0, 0.1) is 11.6 Å². The zero-order chi connectivity index (χ0) is 13.8. The molecule has 0 amide bonds. The highest BCUT2D eigenvalue weighted by molar-refractivity contribution is 7.10. The normalized spacial score (nSPS) is 12.4. The number of hydrogen-bond donors (Lipinski definition) is 1. The number of likely N-dealkylation sites (N-methyl/N-ethyl adjacent to an activating group) is 1. The summed E-state index contributed by atoms with van der Waals surface area (Å²) in [6.45, 7) is 0. The topological polar surface area (TPSA) is 21.3 Å². The predicted octanol–water partition coefficient (Wildman–Crippen LogP) is 3.54. The number of benzene rings is 1. The third-order valence-electron chi connectivity index (χ3n) is 2.95. The molecule has 0 bridgehead atoms. The Labute approximate surface area is 115 Å². The smallest absolute Gasteiger partial charge is 0.159 e. The molecule has 1 unspecified atom stereocenters. The predicted molar refractivity (Wildman–Crippen MR) is 72.7 cm³/mol. The molecule has 102 valence electrons. The van der Waals surface area contributed by atoms with Crippen molar-refractivity contribution in [3.63, 3.8) is 0 Å². The fourth-order valence-corrected chi connectivity index (χ4v) is 2.84. The van der Waals surface area contributed by atoms with E-state index in [-0.39, 0.29) is 6.04 Å². The molecule has 0 spiro atoms. The van der Waals surface area contributed by atoms with Gasteiger partial charge in [0.1, 0.15) is 5.75 Å². The lowest BCUT2D eigenvalue weighted by atomic mass is 10.0. The lowest BCUT2D eigenvalue weighted by Crippen LogP contribution is -2.17. The van der Waals surface area contributed by atoms with Crippen molar-refractivity contribution in [2.75, 3.05) is 14.2 Å². The summed E-state index contributed by atoms with van der Waals surface area (Å²) in [5, 5.41) is 5.10. The number of rotatable bonds is 5. The molecule has 1 heterocycles. The van der Waals surface area contributed by atoms with Gasteiger partial charge in [0.05, 0.1) is 7.11 Å². The Morgan fingerprint density at radius 2 is 2.05 bits per heavy atom. The molecule has 1 aromatic heterocycles. The van der Waals surface area contributed by atoms with Crippen molar-refractivity contribution in [3.05, 3.63) is 51.7 Å². The van der Waals surface area contributed by atoms with Gasteiger partial charge in [-0.05, 0) is 37.2 Å². The quantitative estimate of drug-likeness (QED) is 0.906. The maximum atomic E-state index is 13.2. The molecule has 0 saturated carbocycles. The van der Waals surface area contributed by atoms with Crippen molar-refractivity contribution in [2.24, 2.45) is 0 Å². The lowest BCUT2D eigenvalue weighted by molar-refractivity contribution is 0.416. The monoisotopic (exact) mass is 283 g/mol. The maximum Gasteiger partial charge on any atom is 0.159 e. The van der Waals surface area contributed by atoms with Gasteiger partial charge in [-0.25, -0.2) is 8.78 Å². The molecule has 0 fully saturated rings. The highest BCUT2D eigenvalue weighted by atomic mass is 32.1. The van der Waals surface area contributed by atoms with Crippen molar-refractivity contribution in [1.82, 2.24) is 5.32 Å². The molecule has 2 nitrogen and oxygen atoms in total. The fraction of sp³-hybridized carbons (Fsp3) is 0.286. The second-order valence-electron chi connectivity index (χ2n) is 4.18. The first kappa shape index (κ1) is 14.0. The van der Waals surface area contributed by atoms with E-state index in [4.69, 9.17) is 4.74 Å². The van der Waals surface area contributed by atoms with Gasteiger partial charge >= 0.3 is 0 Å². The van der Waals surface area contributed by atoms with Crippen LogP contribution >= 0.6 is 11.3 Å². The molecule has 0 aliphatic rings. The maximum absolute atomic E-state index is 13.2. The Morgan fingerprint density at radius 1 is 1.26 bits per heavy atom. The molecule has 0 saturated heterocycles. The van der Waals surface area contributed by atoms with Gasteiger partial charge in [-0.3, -0.25) is 0 Å². The zero-order valence-electron chi connectivity index (χ0n) is 10.7. The van der Waals surface area contributed by atoms with Gasteiger partial charge in [0.2, 0.25) is 0 Å². The van der Waals surface area contributed by atoms with E-state index in [1.165, 1.54) is 6.07 Å². The van der Waals surface area contributed by atoms with Gasteiger partial charge < -0.3 is 10.1 Å². The summed E-state index contributed by atoms with van der Waals surface area (Å²) in [6, 6.07) is 6.01. The van der Waals surface area contributed by atoms with Gasteiger partial charge in [0.15, 0.2) is 11.6 Å². The number of thiophene rings is 1. The Bertz CT molecular complexity index is 556. The van der Waals surface area contributed by atoms with Crippen molar-refractivity contribution in [3.8, 4) is 5.75 Å². The molecule has 1 N–H and O–H groups in total. The fourth-order valence-electron chi connectivity index (χ4n) is 1.87. The molecule has 2 aromatic rings. The summed E-state index contributed by atoms with van der Waals surface area (Å²) in [7, 11) is 3.46. The molecular formula is C14H15F2NOS. The van der Waals surface area contributed by atoms with Gasteiger partial charge in [0, 0.05) is 16.3 Å². The van der Waals surface area contributed by atoms with E-state index in [2.05, 4.69) is 5.32 Å². The van der Waals surface area contributed by atoms with E-state index in [0.29, 0.717) is 6.42 Å². The van der Waals surface area contributed by atoms with Crippen molar-refractivity contribution < 1.29 is 13.5 Å². The van der Waals surface area contributed by atoms with E-state index in [1.807, 2.05) is 18.5 Å². The molecule has 0 radical (unpaired) electrons. The third kappa shape index (κ3) is 3.30. The highest BCUT2D eigenvalue weighted by Gasteiger charge is 2.14. The Morgan fingerprint density at radius 3 is 2.63 bits per heavy atom. The molecule has 1 atom stereocenters. The van der Waals surface area contributed by atoms with Crippen LogP contribution < -0.4 is 10.1 Å². The largest absolute Gasteiger partial charge is 0.496 e. The highest BCUT2D eigenvalue weighted by Crippen LogP contribution is 2.29. The minimum absolute atomic E-state index is 0.0544. The van der Waals surface area contributed by atoms with Gasteiger partial charge in [-0.2, -0.15) is 0 Å². The van der Waals surface area contributed by atoms with Crippen LogP contribution in [-0.4, -0.2) is 14.2 Å². The second-order valence-corrected chi connectivity index (χ2v) is 5.13. The first-order chi connectivity index (χ1) is 9.13. The average molecular weight is 283 g/mol. The molecule has 1 aromatic carbocycles. The summed E-state index contributed by atoms with van der Waals surface area (Å²) in [6.07, 6.45) is 0.595. The van der Waals surface area contributed by atoms with Crippen LogP contribution in [-0.2, 0) is 6.42 Å². The van der Waals surface area contributed by atoms with Crippen LogP contribution in [0.1, 0.15) is 16.5 Å². The Kier molecular flexibility index (Phi) is 4.50. The SMILES string of the molecule is CNC(Cc1ccc(F)c(F)c1)c1cc(OC)cs1. The van der Waals surface area contributed by atoms with Crippen LogP contribution in [0.3, 0.4) is 0 Å². The average Bonchev–Trinajstić information content (AvgIpc) is 2.88. The van der Waals surface area contributed by atoms with Crippen LogP contribution in [0.15, 0.2) is 29.6 Å². The van der Waals surface area contributed by atoms with Crippen molar-refractivity contribution in [2.45, 2.75) is 12.5 Å². The van der Waals surface area contributed by atoms with E-state index in [9.17, 15) is 8.78 Å². The van der Waals surface area contributed by atoms with Crippen LogP contribution in [0.4, 0.5) is 8.78 Å². The molecule has 2 rings (SSSR count). The lowest BCUT2D eigenvalue weighted by Gasteiger charge is -2.14. The van der Waals surface area contributed by atoms with E-state index in [0.717, 1.165) is 22.3 Å². The van der Waals surface area contributed by atoms with Crippen LogP contribution in [0.2, 0.25) is 0 Å². The molecule has 5 heteroatoms. The summed E-state index contributed by atoms with van der Waals surface area (Å²) >= 11 is 1.58. The Balaban J connectivity index is 2.16. The molecule has 0 aliphatic heterocycles. The second kappa shape index (κ2) is 6.12. The number of methoxy groups -OCH3 is 1. The number of nitrogens with one attached hydrogen (secondary N) is 1. The molecule has 0 aliphatic carbocycles. The standard InChI is InChI=1S/C14H15F2NOS/c1-17-13(14-7-10(18-2)8-19-14)6-9-3-4-11(15)12(16)5-9/h3-5,7-8,13,17H,6H2,1-2H3. The van der Waals surface area contributed by atoms with E-state index >= 15 is 0 Å². The van der Waals surface area contributed by atoms with Crippen LogP contribution in [0.25, 0.3) is 0 Å². The van der Waals surface area contributed by atoms with Crippen molar-refractivity contribution in [1.29, 1.82) is 0 Å². The first-order valence-corrected chi connectivity index (χ1v) is 6.75. The summed E-state index contributed by atoms with van der Waals surface area (Å²) < 4.78 is 31.2. The van der Waals surface area contributed by atoms with E-state index < -0.39 is 11.6 Å². The van der Waals surface area contributed by atoms with Crippen molar-refractivity contribution >= 4 is 11.3 Å². The van der Waals surface area contributed by atoms with Gasteiger partial charge in [0.25, 0.3) is 0 Å². The minimum atomic E-state index is -0.817. The zero-order valence-corrected chi connectivity index (χ0v) is 11.6. The number of ether oxygens (including phenoxy) is 1. The van der Waals surface area contributed by atoms with Crippen LogP contribution in [0.5, 0.6) is 5.75 Å². The summed E-state index contributed by atoms with van der Waals surface area (Å²) in [5.74, 6) is -0.816. The first-order valence-electron chi connectivity index (χ1n) is 5.87. The third-order valence-corrected chi connectivity index (χ3v) is 3.97. The molecule has 19 heavy (non-hydrogen) atoms. The van der Waals surface area contributed by atoms with Gasteiger partial charge in [-0.15, -0.1) is 11.3 Å². The summed E-state index contributed by atoms with van der Waals surface area (Å²) in [5.41, 5.74) is 0.755. The summed E-state index contributed by atoms with van der Waals surface area (Å²) in [4.78, 5) is 1.10. The number of hydrogen-bond acceptors (Lipinski definition) is 3. The number of halogens is 2. The van der Waals surface area contributed by atoms with E-state index in [1.54, 1.807) is 24.5 Å². The Hall–Kier alpha value is -1.46. The van der Waals surface area contributed by atoms with Gasteiger partial charge in [-0.1, -0.05) is 6.07 Å².